The van der Waals surface area contributed by atoms with Crippen molar-refractivity contribution in [2.75, 3.05) is 13.1 Å². The van der Waals surface area contributed by atoms with Gasteiger partial charge in [-0.25, -0.2) is 23.1 Å². The zero-order chi connectivity index (χ0) is 32.4. The second-order valence-electron chi connectivity index (χ2n) is 11.7. The molecule has 0 bridgehead atoms. The quantitative estimate of drug-likeness (QED) is 0.307. The number of aromatic nitrogens is 3. The molecule has 6 rings (SSSR count). The van der Waals surface area contributed by atoms with E-state index in [-0.39, 0.29) is 42.2 Å². The van der Waals surface area contributed by atoms with Gasteiger partial charge in [-0.05, 0) is 41.7 Å². The van der Waals surface area contributed by atoms with E-state index in [1.54, 1.807) is 29.8 Å². The van der Waals surface area contributed by atoms with Gasteiger partial charge in [-0.1, -0.05) is 25.4 Å². The predicted octanol–water partition coefficient (Wildman–Crippen LogP) is 4.51. The predicted molar refractivity (Wildman–Crippen MR) is 145 cm³/mol. The Kier molecular flexibility index (Phi) is 7.85. The molecule has 1 aliphatic carbocycles. The molecule has 3 unspecified atom stereocenters. The molecule has 1 saturated carbocycles. The number of rotatable bonds is 5. The number of hydrogen-bond acceptors (Lipinski definition) is 7. The van der Waals surface area contributed by atoms with Crippen LogP contribution in [0, 0.1) is 24.2 Å². The molecule has 0 radical (unpaired) electrons. The van der Waals surface area contributed by atoms with Crippen LogP contribution in [0.4, 0.5) is 22.0 Å². The Labute approximate surface area is 252 Å². The number of aryl methyl sites for hydroxylation is 1. The fourth-order valence-corrected chi connectivity index (χ4v) is 6.10. The zero-order valence-corrected chi connectivity index (χ0v) is 24.3. The van der Waals surface area contributed by atoms with Gasteiger partial charge in [0.2, 0.25) is 11.8 Å². The number of imide groups is 1. The number of alkyl halides is 5. The number of carboxylic acids is 1. The third-order valence-corrected chi connectivity index (χ3v) is 8.22. The number of carbonyl (C=O) groups is 3. The van der Waals surface area contributed by atoms with Gasteiger partial charge in [0, 0.05) is 23.3 Å². The van der Waals surface area contributed by atoms with Crippen LogP contribution < -0.4 is 10.1 Å². The Bertz CT molecular complexity index is 1640. The summed E-state index contributed by atoms with van der Waals surface area (Å²) in [6, 6.07) is 5.23. The van der Waals surface area contributed by atoms with Crippen LogP contribution in [0.1, 0.15) is 31.4 Å². The average molecular weight is 644 g/mol. The molecule has 2 aromatic heterocycles. The standard InChI is InChI=1S/C26H26ClF2N5O3.C2HF3O2/c1-13-4-15(27)6-17(22(13)37-16-7-26(28,29)11-30-8-16)21-18-5-14(10-34(18)32-12-31-21)9-33-23(35)19-20(24(33)36)25(19,2)3;3-2(4,5)1(6)7/h4-6,10,12,16,19-20,30H,7-9,11H2,1-3H3;(H,6,7). The summed E-state index contributed by atoms with van der Waals surface area (Å²) >= 11 is 6.38. The number of fused-ring (bicyclic) bond motifs is 2. The average Bonchev–Trinajstić information content (AvgIpc) is 3.14. The lowest BCUT2D eigenvalue weighted by Crippen LogP contribution is -2.48. The number of benzene rings is 1. The van der Waals surface area contributed by atoms with Crippen molar-refractivity contribution in [2.24, 2.45) is 17.3 Å². The van der Waals surface area contributed by atoms with Gasteiger partial charge >= 0.3 is 12.1 Å². The summed E-state index contributed by atoms with van der Waals surface area (Å²) in [6.07, 6.45) is -3.08. The number of hydrogen-bond donors (Lipinski definition) is 2. The maximum Gasteiger partial charge on any atom is 0.490 e. The molecule has 10 nitrogen and oxygen atoms in total. The van der Waals surface area contributed by atoms with E-state index in [0.717, 1.165) is 5.56 Å². The summed E-state index contributed by atoms with van der Waals surface area (Å²) < 4.78 is 67.5. The number of aliphatic carboxylic acids is 1. The Hall–Kier alpha value is -3.85. The van der Waals surface area contributed by atoms with E-state index in [2.05, 4.69) is 15.4 Å². The minimum atomic E-state index is -5.08. The largest absolute Gasteiger partial charge is 0.490 e. The maximum absolute atomic E-state index is 14.0. The van der Waals surface area contributed by atoms with Crippen LogP contribution >= 0.6 is 11.6 Å². The summed E-state index contributed by atoms with van der Waals surface area (Å²) in [5.74, 6) is -5.97. The molecule has 236 valence electrons. The van der Waals surface area contributed by atoms with Crippen molar-refractivity contribution in [3.63, 3.8) is 0 Å². The fourth-order valence-electron chi connectivity index (χ4n) is 5.83. The first-order chi connectivity index (χ1) is 20.4. The van der Waals surface area contributed by atoms with Crippen molar-refractivity contribution >= 4 is 34.9 Å². The van der Waals surface area contributed by atoms with Gasteiger partial charge in [0.25, 0.3) is 5.92 Å². The summed E-state index contributed by atoms with van der Waals surface area (Å²) in [4.78, 5) is 40.3. The zero-order valence-electron chi connectivity index (χ0n) is 23.6. The molecule has 0 spiro atoms. The highest BCUT2D eigenvalue weighted by molar-refractivity contribution is 6.31. The molecule has 3 fully saturated rings. The second kappa shape index (κ2) is 10.9. The molecule has 4 heterocycles. The lowest BCUT2D eigenvalue weighted by Gasteiger charge is -2.31. The van der Waals surface area contributed by atoms with E-state index in [9.17, 15) is 31.5 Å². The van der Waals surface area contributed by atoms with E-state index >= 15 is 0 Å². The van der Waals surface area contributed by atoms with E-state index in [1.165, 1.54) is 11.2 Å². The first kappa shape index (κ1) is 31.6. The Morgan fingerprint density at radius 3 is 2.41 bits per heavy atom. The fraction of sp³-hybridized carbons (Fsp3) is 0.464. The van der Waals surface area contributed by atoms with Gasteiger partial charge in [-0.2, -0.15) is 18.3 Å². The molecule has 44 heavy (non-hydrogen) atoms. The van der Waals surface area contributed by atoms with Gasteiger partial charge in [0.1, 0.15) is 23.9 Å². The molecule has 3 atom stereocenters. The number of amides is 2. The number of nitrogens with zero attached hydrogens (tertiary/aromatic N) is 4. The molecule has 16 heteroatoms. The van der Waals surface area contributed by atoms with E-state index in [0.29, 0.717) is 39.7 Å². The number of ether oxygens (including phenoxy) is 1. The Morgan fingerprint density at radius 1 is 1.18 bits per heavy atom. The molecule has 3 aromatic rings. The highest BCUT2D eigenvalue weighted by Gasteiger charge is 2.72. The van der Waals surface area contributed by atoms with Crippen molar-refractivity contribution in [1.82, 2.24) is 24.8 Å². The van der Waals surface area contributed by atoms with Gasteiger partial charge < -0.3 is 15.2 Å². The van der Waals surface area contributed by atoms with E-state index in [1.807, 2.05) is 19.9 Å². The minimum Gasteiger partial charge on any atom is -0.488 e. The summed E-state index contributed by atoms with van der Waals surface area (Å²) in [5, 5.41) is 14.6. The van der Waals surface area contributed by atoms with Crippen LogP contribution in [-0.4, -0.2) is 73.7 Å². The second-order valence-corrected chi connectivity index (χ2v) is 12.1. The third kappa shape index (κ3) is 5.94. The molecule has 3 aliphatic rings. The maximum atomic E-state index is 14.0. The summed E-state index contributed by atoms with van der Waals surface area (Å²) in [5.41, 5.74) is 2.80. The van der Waals surface area contributed by atoms with E-state index in [4.69, 9.17) is 26.2 Å². The van der Waals surface area contributed by atoms with Crippen molar-refractivity contribution in [1.29, 1.82) is 0 Å². The topological polar surface area (TPSA) is 126 Å². The van der Waals surface area contributed by atoms with Crippen molar-refractivity contribution in [3.05, 3.63) is 46.9 Å². The van der Waals surface area contributed by atoms with Crippen LogP contribution in [0.25, 0.3) is 16.8 Å². The molecule has 2 N–H and O–H groups in total. The Balaban J connectivity index is 0.000000493. The van der Waals surface area contributed by atoms with Crippen LogP contribution in [0.15, 0.2) is 30.7 Å². The van der Waals surface area contributed by atoms with Gasteiger partial charge in [0.05, 0.1) is 36.9 Å². The highest BCUT2D eigenvalue weighted by Crippen LogP contribution is 2.63. The molecular formula is C28H27ClF5N5O5. The van der Waals surface area contributed by atoms with Crippen LogP contribution in [-0.2, 0) is 20.9 Å². The molecule has 2 amide bonds. The monoisotopic (exact) mass is 643 g/mol. The van der Waals surface area contributed by atoms with Gasteiger partial charge in [-0.15, -0.1) is 0 Å². The highest BCUT2D eigenvalue weighted by atomic mass is 35.5. The lowest BCUT2D eigenvalue weighted by atomic mass is 10.0. The summed E-state index contributed by atoms with van der Waals surface area (Å²) in [7, 11) is 0. The SMILES string of the molecule is Cc1cc(Cl)cc(-c2ncnn3cc(CN4C(=O)C5C(C4=O)C5(C)C)cc23)c1OC1CNCC(F)(F)C1.O=C(O)C(F)(F)F. The Morgan fingerprint density at radius 2 is 1.82 bits per heavy atom. The number of nitrogens with one attached hydrogen (secondary N) is 1. The molecule has 2 aliphatic heterocycles. The van der Waals surface area contributed by atoms with Crippen molar-refractivity contribution < 1.29 is 46.2 Å². The normalized spacial score (nSPS) is 23.7. The van der Waals surface area contributed by atoms with E-state index < -0.39 is 30.6 Å². The number of carbonyl (C=O) groups excluding carboxylic acids is 2. The molecular weight excluding hydrogens is 617 g/mol. The molecule has 2 saturated heterocycles. The van der Waals surface area contributed by atoms with Gasteiger partial charge in [0.15, 0.2) is 0 Å². The number of piperidine rings is 2. The number of halogens is 6. The van der Waals surface area contributed by atoms with Crippen LogP contribution in [0.5, 0.6) is 5.75 Å². The van der Waals surface area contributed by atoms with Crippen LogP contribution in [0.3, 0.4) is 0 Å². The van der Waals surface area contributed by atoms with Crippen molar-refractivity contribution in [3.8, 4) is 17.0 Å². The number of carboxylic acid groups (broad SMARTS) is 1. The first-order valence-corrected chi connectivity index (χ1v) is 13.8. The van der Waals surface area contributed by atoms with Crippen molar-refractivity contribution in [2.45, 2.75) is 51.9 Å². The van der Waals surface area contributed by atoms with Crippen LogP contribution in [0.2, 0.25) is 5.02 Å². The third-order valence-electron chi connectivity index (χ3n) is 8.00. The summed E-state index contributed by atoms with van der Waals surface area (Å²) in [6.45, 7) is 5.76. The lowest BCUT2D eigenvalue weighted by molar-refractivity contribution is -0.192. The smallest absolute Gasteiger partial charge is 0.488 e. The number of likely N-dealkylation sites (tertiary alicyclic amines) is 1. The molecule has 1 aromatic carbocycles. The van der Waals surface area contributed by atoms with Gasteiger partial charge in [-0.3, -0.25) is 14.5 Å². The minimum absolute atomic E-state index is 0.138. The first-order valence-electron chi connectivity index (χ1n) is 13.4.